The van der Waals surface area contributed by atoms with Crippen LogP contribution in [0, 0.1) is 11.3 Å². The molecule has 0 saturated carbocycles. The normalized spacial score (nSPS) is 9.31. The van der Waals surface area contributed by atoms with Gasteiger partial charge in [0.15, 0.2) is 0 Å². The van der Waals surface area contributed by atoms with Crippen LogP contribution >= 0.6 is 0 Å². The van der Waals surface area contributed by atoms with Gasteiger partial charge in [0.1, 0.15) is 17.6 Å². The number of anilines is 1. The van der Waals surface area contributed by atoms with E-state index >= 15 is 0 Å². The van der Waals surface area contributed by atoms with Gasteiger partial charge in [0.25, 0.3) is 0 Å². The minimum Gasteiger partial charge on any atom is -0.469 e. The molecule has 0 aromatic carbocycles. The highest BCUT2D eigenvalue weighted by Gasteiger charge is 2.06. The monoisotopic (exact) mass is 219 g/mol. The van der Waals surface area contributed by atoms with E-state index in [0.717, 1.165) is 0 Å². The van der Waals surface area contributed by atoms with Crippen molar-refractivity contribution in [2.45, 2.75) is 6.42 Å². The number of hydrogen-bond acceptors (Lipinski definition) is 5. The summed E-state index contributed by atoms with van der Waals surface area (Å²) >= 11 is 0. The number of aromatic nitrogens is 1. The fourth-order valence-electron chi connectivity index (χ4n) is 1.17. The molecule has 0 unspecified atom stereocenters. The second-order valence-corrected chi connectivity index (χ2v) is 3.24. The number of esters is 1. The van der Waals surface area contributed by atoms with Crippen LogP contribution in [0.2, 0.25) is 0 Å². The third-order valence-corrected chi connectivity index (χ3v) is 2.12. The first-order chi connectivity index (χ1) is 7.67. The summed E-state index contributed by atoms with van der Waals surface area (Å²) in [7, 11) is 3.17. The molecule has 0 radical (unpaired) electrons. The summed E-state index contributed by atoms with van der Waals surface area (Å²) in [6.45, 7) is 0.508. The predicted octanol–water partition coefficient (Wildman–Crippen LogP) is 0.953. The Bertz CT molecular complexity index is 412. The summed E-state index contributed by atoms with van der Waals surface area (Å²) in [5, 5.41) is 8.69. The van der Waals surface area contributed by atoms with Gasteiger partial charge >= 0.3 is 5.97 Å². The van der Waals surface area contributed by atoms with Crippen LogP contribution in [0.5, 0.6) is 0 Å². The highest BCUT2D eigenvalue weighted by Crippen LogP contribution is 2.09. The van der Waals surface area contributed by atoms with E-state index in [2.05, 4.69) is 9.72 Å². The lowest BCUT2D eigenvalue weighted by molar-refractivity contribution is -0.140. The van der Waals surface area contributed by atoms with E-state index in [1.54, 1.807) is 23.1 Å². The highest BCUT2D eigenvalue weighted by atomic mass is 16.5. The van der Waals surface area contributed by atoms with Gasteiger partial charge in [-0.25, -0.2) is 4.98 Å². The maximum Gasteiger partial charge on any atom is 0.307 e. The van der Waals surface area contributed by atoms with E-state index in [-0.39, 0.29) is 5.97 Å². The first-order valence-electron chi connectivity index (χ1n) is 4.82. The lowest BCUT2D eigenvalue weighted by Crippen LogP contribution is -2.22. The third-order valence-electron chi connectivity index (χ3n) is 2.12. The van der Waals surface area contributed by atoms with Crippen molar-refractivity contribution >= 4 is 11.8 Å². The summed E-state index contributed by atoms with van der Waals surface area (Å²) in [5.74, 6) is 0.409. The average molecular weight is 219 g/mol. The Hall–Kier alpha value is -2.09. The number of hydrogen-bond donors (Lipinski definition) is 0. The van der Waals surface area contributed by atoms with Crippen molar-refractivity contribution in [1.82, 2.24) is 4.98 Å². The molecule has 0 aliphatic carbocycles. The number of nitrogens with zero attached hydrogens (tertiary/aromatic N) is 3. The van der Waals surface area contributed by atoms with Crippen molar-refractivity contribution in [2.24, 2.45) is 0 Å². The van der Waals surface area contributed by atoms with Gasteiger partial charge in [0.05, 0.1) is 13.5 Å². The molecule has 0 bridgehead atoms. The Kier molecular flexibility index (Phi) is 4.28. The van der Waals surface area contributed by atoms with Gasteiger partial charge in [0, 0.05) is 13.6 Å². The molecule has 0 aliphatic rings. The van der Waals surface area contributed by atoms with E-state index in [0.29, 0.717) is 24.5 Å². The molecule has 0 atom stereocenters. The predicted molar refractivity (Wildman–Crippen MR) is 58.9 cm³/mol. The van der Waals surface area contributed by atoms with Crippen LogP contribution in [0.25, 0.3) is 0 Å². The number of rotatable bonds is 4. The van der Waals surface area contributed by atoms with Crippen molar-refractivity contribution in [3.8, 4) is 6.07 Å². The van der Waals surface area contributed by atoms with Crippen LogP contribution in [-0.4, -0.2) is 31.7 Å². The van der Waals surface area contributed by atoms with E-state index in [9.17, 15) is 4.79 Å². The second-order valence-electron chi connectivity index (χ2n) is 3.24. The topological polar surface area (TPSA) is 66.2 Å². The van der Waals surface area contributed by atoms with E-state index in [1.807, 2.05) is 13.1 Å². The number of carbonyl (C=O) groups is 1. The standard InChI is InChI=1S/C11H13N3O2/c1-14(7-6-11(15)16-2)10-5-3-4-9(8-12)13-10/h3-5H,6-7H2,1-2H3. The second kappa shape index (κ2) is 5.71. The van der Waals surface area contributed by atoms with Gasteiger partial charge in [0.2, 0.25) is 0 Å². The van der Waals surface area contributed by atoms with E-state index < -0.39 is 0 Å². The minimum absolute atomic E-state index is 0.261. The maximum atomic E-state index is 10.9. The molecular weight excluding hydrogens is 206 g/mol. The Labute approximate surface area is 94.3 Å². The molecule has 1 heterocycles. The summed E-state index contributed by atoms with van der Waals surface area (Å²) in [6, 6.07) is 7.15. The summed E-state index contributed by atoms with van der Waals surface area (Å²) in [5.41, 5.74) is 0.363. The van der Waals surface area contributed by atoms with Gasteiger partial charge in [-0.15, -0.1) is 0 Å². The van der Waals surface area contributed by atoms with Crippen molar-refractivity contribution < 1.29 is 9.53 Å². The first kappa shape index (κ1) is 12.0. The molecule has 5 heteroatoms. The van der Waals surface area contributed by atoms with Crippen molar-refractivity contribution in [1.29, 1.82) is 5.26 Å². The van der Waals surface area contributed by atoms with Crippen LogP contribution in [-0.2, 0) is 9.53 Å². The van der Waals surface area contributed by atoms with E-state index in [1.165, 1.54) is 7.11 Å². The van der Waals surface area contributed by atoms with Gasteiger partial charge in [-0.1, -0.05) is 6.07 Å². The zero-order valence-corrected chi connectivity index (χ0v) is 9.30. The van der Waals surface area contributed by atoms with Gasteiger partial charge in [-0.3, -0.25) is 4.79 Å². The highest BCUT2D eigenvalue weighted by molar-refractivity contribution is 5.69. The molecule has 5 nitrogen and oxygen atoms in total. The number of ether oxygens (including phenoxy) is 1. The van der Waals surface area contributed by atoms with Crippen molar-refractivity contribution in [2.75, 3.05) is 25.6 Å². The third kappa shape index (κ3) is 3.24. The maximum absolute atomic E-state index is 10.9. The zero-order valence-electron chi connectivity index (χ0n) is 9.30. The lowest BCUT2D eigenvalue weighted by Gasteiger charge is -2.17. The fraction of sp³-hybridized carbons (Fsp3) is 0.364. The smallest absolute Gasteiger partial charge is 0.307 e. The number of pyridine rings is 1. The zero-order chi connectivity index (χ0) is 12.0. The molecule has 1 aromatic heterocycles. The Balaban J connectivity index is 2.62. The molecule has 1 rings (SSSR count). The summed E-state index contributed by atoms with van der Waals surface area (Å²) in [6.07, 6.45) is 0.297. The number of nitriles is 1. The SMILES string of the molecule is COC(=O)CCN(C)c1cccc(C#N)n1. The Morgan fingerprint density at radius 3 is 3.00 bits per heavy atom. The molecule has 0 saturated heterocycles. The summed E-state index contributed by atoms with van der Waals surface area (Å²) in [4.78, 5) is 16.9. The molecule has 0 fully saturated rings. The van der Waals surface area contributed by atoms with Crippen molar-refractivity contribution in [3.63, 3.8) is 0 Å². The Morgan fingerprint density at radius 1 is 1.62 bits per heavy atom. The van der Waals surface area contributed by atoms with Gasteiger partial charge < -0.3 is 9.64 Å². The largest absolute Gasteiger partial charge is 0.469 e. The quantitative estimate of drug-likeness (QED) is 0.705. The molecule has 0 N–H and O–H groups in total. The molecule has 0 aliphatic heterocycles. The first-order valence-corrected chi connectivity index (χ1v) is 4.82. The molecule has 16 heavy (non-hydrogen) atoms. The van der Waals surface area contributed by atoms with E-state index in [4.69, 9.17) is 5.26 Å². The molecule has 1 aromatic rings. The Morgan fingerprint density at radius 2 is 2.38 bits per heavy atom. The van der Waals surface area contributed by atoms with Crippen LogP contribution in [0.1, 0.15) is 12.1 Å². The van der Waals surface area contributed by atoms with Gasteiger partial charge in [-0.05, 0) is 12.1 Å². The number of carbonyl (C=O) groups excluding carboxylic acids is 1. The average Bonchev–Trinajstić information content (AvgIpc) is 2.35. The van der Waals surface area contributed by atoms with Crippen LogP contribution in [0.15, 0.2) is 18.2 Å². The minimum atomic E-state index is -0.261. The van der Waals surface area contributed by atoms with Crippen LogP contribution < -0.4 is 4.90 Å². The lowest BCUT2D eigenvalue weighted by atomic mass is 10.3. The van der Waals surface area contributed by atoms with Crippen LogP contribution in [0.3, 0.4) is 0 Å². The van der Waals surface area contributed by atoms with Crippen LogP contribution in [0.4, 0.5) is 5.82 Å². The number of methoxy groups -OCH3 is 1. The molecule has 0 amide bonds. The molecule has 84 valence electrons. The van der Waals surface area contributed by atoms with Gasteiger partial charge in [-0.2, -0.15) is 5.26 Å². The molecular formula is C11H13N3O2. The molecule has 0 spiro atoms. The summed E-state index contributed by atoms with van der Waals surface area (Å²) < 4.78 is 4.54. The fourth-order valence-corrected chi connectivity index (χ4v) is 1.17. The van der Waals surface area contributed by atoms with Crippen molar-refractivity contribution in [3.05, 3.63) is 23.9 Å².